The summed E-state index contributed by atoms with van der Waals surface area (Å²) in [7, 11) is -6.87. The van der Waals surface area contributed by atoms with Gasteiger partial charge in [0.15, 0.2) is 0 Å². The van der Waals surface area contributed by atoms with Crippen molar-refractivity contribution < 1.29 is 16.8 Å². The van der Waals surface area contributed by atoms with Gasteiger partial charge in [0.05, 0.1) is 11.5 Å². The molecule has 0 aliphatic rings. The summed E-state index contributed by atoms with van der Waals surface area (Å²) in [5.74, 6) is -0.350. The predicted octanol–water partition coefficient (Wildman–Crippen LogP) is -0.216. The molecular weight excluding hydrogens is 326 g/mol. The SMILES string of the molecule is CCCCC(CN)NS(=O)(=O)CCNS(=O)(=O)CC.Cl. The molecule has 20 heavy (non-hydrogen) atoms. The molecule has 0 saturated carbocycles. The zero-order chi connectivity index (χ0) is 14.9. The Hall–Kier alpha value is 0.0700. The van der Waals surface area contributed by atoms with Crippen LogP contribution in [0.2, 0.25) is 0 Å². The molecule has 0 heterocycles. The van der Waals surface area contributed by atoms with Crippen molar-refractivity contribution in [2.45, 2.75) is 39.2 Å². The number of nitrogens with two attached hydrogens (primary N) is 1. The van der Waals surface area contributed by atoms with Crippen LogP contribution in [0.25, 0.3) is 0 Å². The summed E-state index contributed by atoms with van der Waals surface area (Å²) in [5.41, 5.74) is 5.50. The molecule has 0 aliphatic heterocycles. The Morgan fingerprint density at radius 2 is 1.70 bits per heavy atom. The standard InChI is InChI=1S/C10H25N3O4S2.ClH/c1-3-5-6-10(9-11)13-19(16,17)8-7-12-18(14,15)4-2;/h10,12-13H,3-9,11H2,1-2H3;1H. The molecule has 0 aromatic heterocycles. The van der Waals surface area contributed by atoms with Gasteiger partial charge in [0.25, 0.3) is 0 Å². The number of nitrogens with one attached hydrogen (secondary N) is 2. The molecule has 0 spiro atoms. The minimum Gasteiger partial charge on any atom is -0.329 e. The molecule has 0 aromatic carbocycles. The molecular formula is C10H26ClN3O4S2. The lowest BCUT2D eigenvalue weighted by Gasteiger charge is -2.16. The van der Waals surface area contributed by atoms with Crippen molar-refractivity contribution in [2.24, 2.45) is 5.73 Å². The van der Waals surface area contributed by atoms with Gasteiger partial charge in [-0.25, -0.2) is 26.3 Å². The summed E-state index contributed by atoms with van der Waals surface area (Å²) in [5, 5.41) is 0. The maximum Gasteiger partial charge on any atom is 0.213 e. The van der Waals surface area contributed by atoms with Crippen molar-refractivity contribution >= 4 is 32.5 Å². The van der Waals surface area contributed by atoms with Crippen LogP contribution in [-0.4, -0.2) is 47.5 Å². The lowest BCUT2D eigenvalue weighted by Crippen LogP contribution is -2.43. The summed E-state index contributed by atoms with van der Waals surface area (Å²) in [6, 6.07) is -0.285. The summed E-state index contributed by atoms with van der Waals surface area (Å²) in [6.07, 6.45) is 2.55. The molecule has 7 nitrogen and oxygen atoms in total. The third-order valence-electron chi connectivity index (χ3n) is 2.61. The highest BCUT2D eigenvalue weighted by atomic mass is 35.5. The van der Waals surface area contributed by atoms with Gasteiger partial charge >= 0.3 is 0 Å². The zero-order valence-corrected chi connectivity index (χ0v) is 14.4. The van der Waals surface area contributed by atoms with Gasteiger partial charge in [-0.3, -0.25) is 0 Å². The number of sulfonamides is 2. The van der Waals surface area contributed by atoms with Gasteiger partial charge in [0.1, 0.15) is 0 Å². The largest absolute Gasteiger partial charge is 0.329 e. The first-order valence-electron chi connectivity index (χ1n) is 6.43. The normalized spacial score (nSPS) is 13.8. The first kappa shape index (κ1) is 22.4. The molecule has 0 aliphatic carbocycles. The van der Waals surface area contributed by atoms with E-state index in [0.29, 0.717) is 6.42 Å². The third-order valence-corrected chi connectivity index (χ3v) is 5.45. The van der Waals surface area contributed by atoms with Crippen LogP contribution in [0, 0.1) is 0 Å². The second kappa shape index (κ2) is 10.7. The second-order valence-corrected chi connectivity index (χ2v) is 8.28. The molecule has 4 N–H and O–H groups in total. The zero-order valence-electron chi connectivity index (χ0n) is 12.0. The summed E-state index contributed by atoms with van der Waals surface area (Å²) < 4.78 is 50.5. The first-order chi connectivity index (χ1) is 8.76. The van der Waals surface area contributed by atoms with Gasteiger partial charge in [-0.05, 0) is 13.3 Å². The number of unbranched alkanes of at least 4 members (excludes halogenated alkanes) is 1. The van der Waals surface area contributed by atoms with Crippen LogP contribution in [0.15, 0.2) is 0 Å². The fourth-order valence-electron chi connectivity index (χ4n) is 1.42. The molecule has 124 valence electrons. The third kappa shape index (κ3) is 10.8. The Kier molecular flexibility index (Phi) is 12.0. The minimum absolute atomic E-state index is 0. The fourth-order valence-corrected chi connectivity index (χ4v) is 3.38. The number of rotatable bonds is 11. The monoisotopic (exact) mass is 351 g/mol. The maximum atomic E-state index is 11.7. The molecule has 10 heteroatoms. The lowest BCUT2D eigenvalue weighted by atomic mass is 10.1. The van der Waals surface area contributed by atoms with Gasteiger partial charge in [-0.15, -0.1) is 12.4 Å². The predicted molar refractivity (Wildman–Crippen MR) is 84.0 cm³/mol. The summed E-state index contributed by atoms with van der Waals surface area (Å²) in [4.78, 5) is 0. The van der Waals surface area contributed by atoms with E-state index in [2.05, 4.69) is 9.44 Å². The lowest BCUT2D eigenvalue weighted by molar-refractivity contribution is 0.516. The Morgan fingerprint density at radius 1 is 1.10 bits per heavy atom. The van der Waals surface area contributed by atoms with Crippen LogP contribution in [0.1, 0.15) is 33.1 Å². The van der Waals surface area contributed by atoms with Crippen molar-refractivity contribution in [1.82, 2.24) is 9.44 Å². The van der Waals surface area contributed by atoms with Gasteiger partial charge in [0, 0.05) is 19.1 Å². The molecule has 0 aromatic rings. The molecule has 0 amide bonds. The van der Waals surface area contributed by atoms with Crippen LogP contribution in [0.5, 0.6) is 0 Å². The number of hydrogen-bond acceptors (Lipinski definition) is 5. The molecule has 0 rings (SSSR count). The average molecular weight is 352 g/mol. The molecule has 0 radical (unpaired) electrons. The Labute approximate surface area is 128 Å². The topological polar surface area (TPSA) is 118 Å². The Morgan fingerprint density at radius 3 is 2.15 bits per heavy atom. The van der Waals surface area contributed by atoms with E-state index in [1.807, 2.05) is 6.92 Å². The van der Waals surface area contributed by atoms with Crippen molar-refractivity contribution in [1.29, 1.82) is 0 Å². The van der Waals surface area contributed by atoms with Crippen molar-refractivity contribution in [2.75, 3.05) is 24.6 Å². The van der Waals surface area contributed by atoms with E-state index in [4.69, 9.17) is 5.73 Å². The Balaban J connectivity index is 0. The van der Waals surface area contributed by atoms with Crippen LogP contribution in [0.3, 0.4) is 0 Å². The molecule has 1 atom stereocenters. The molecule has 0 fully saturated rings. The first-order valence-corrected chi connectivity index (χ1v) is 9.74. The van der Waals surface area contributed by atoms with Crippen molar-refractivity contribution in [3.63, 3.8) is 0 Å². The second-order valence-electron chi connectivity index (χ2n) is 4.31. The summed E-state index contributed by atoms with van der Waals surface area (Å²) in [6.45, 7) is 3.61. The maximum absolute atomic E-state index is 11.7. The van der Waals surface area contributed by atoms with Gasteiger partial charge in [-0.2, -0.15) is 0 Å². The highest BCUT2D eigenvalue weighted by Crippen LogP contribution is 2.01. The molecule has 0 bridgehead atoms. The van der Waals surface area contributed by atoms with Crippen LogP contribution in [0.4, 0.5) is 0 Å². The van der Waals surface area contributed by atoms with Crippen molar-refractivity contribution in [3.05, 3.63) is 0 Å². The van der Waals surface area contributed by atoms with E-state index in [0.717, 1.165) is 12.8 Å². The van der Waals surface area contributed by atoms with Gasteiger partial charge < -0.3 is 5.73 Å². The highest BCUT2D eigenvalue weighted by Gasteiger charge is 2.17. The van der Waals surface area contributed by atoms with E-state index in [9.17, 15) is 16.8 Å². The van der Waals surface area contributed by atoms with E-state index >= 15 is 0 Å². The van der Waals surface area contributed by atoms with E-state index in [1.54, 1.807) is 0 Å². The van der Waals surface area contributed by atoms with Crippen molar-refractivity contribution in [3.8, 4) is 0 Å². The minimum atomic E-state index is -3.51. The van der Waals surface area contributed by atoms with Gasteiger partial charge in [-0.1, -0.05) is 19.8 Å². The summed E-state index contributed by atoms with van der Waals surface area (Å²) >= 11 is 0. The smallest absolute Gasteiger partial charge is 0.213 e. The number of halogens is 1. The van der Waals surface area contributed by atoms with Crippen LogP contribution in [-0.2, 0) is 20.0 Å². The van der Waals surface area contributed by atoms with Gasteiger partial charge in [0.2, 0.25) is 20.0 Å². The van der Waals surface area contributed by atoms with E-state index in [1.165, 1.54) is 6.92 Å². The fraction of sp³-hybridized carbons (Fsp3) is 1.00. The number of hydrogen-bond donors (Lipinski definition) is 3. The van der Waals surface area contributed by atoms with Crippen LogP contribution < -0.4 is 15.2 Å². The molecule has 1 unspecified atom stereocenters. The van der Waals surface area contributed by atoms with E-state index in [-0.39, 0.29) is 43.0 Å². The highest BCUT2D eigenvalue weighted by molar-refractivity contribution is 7.90. The molecule has 0 saturated heterocycles. The quantitative estimate of drug-likeness (QED) is 0.475. The van der Waals surface area contributed by atoms with E-state index < -0.39 is 20.0 Å². The average Bonchev–Trinajstić information content (AvgIpc) is 2.33. The van der Waals surface area contributed by atoms with Crippen LogP contribution >= 0.6 is 12.4 Å². The Bertz CT molecular complexity index is 439.